The van der Waals surface area contributed by atoms with Gasteiger partial charge >= 0.3 is 11.9 Å². The van der Waals surface area contributed by atoms with E-state index in [9.17, 15) is 9.59 Å². The average molecular weight is 297 g/mol. The molecule has 1 saturated carbocycles. The van der Waals surface area contributed by atoms with Crippen LogP contribution in [0.5, 0.6) is 0 Å². The van der Waals surface area contributed by atoms with E-state index >= 15 is 0 Å². The van der Waals surface area contributed by atoms with Crippen LogP contribution in [-0.2, 0) is 19.1 Å². The molecule has 2 bridgehead atoms. The summed E-state index contributed by atoms with van der Waals surface area (Å²) in [6, 6.07) is 0. The van der Waals surface area contributed by atoms with Crippen LogP contribution in [0.25, 0.3) is 0 Å². The molecule has 0 amide bonds. The molecule has 2 rings (SSSR count). The summed E-state index contributed by atoms with van der Waals surface area (Å²) in [4.78, 5) is 24.3. The SMILES string of the molecule is CCC(C)(N)C(=O)OC1(C)CC2CC(C)OC(=O)C(C2)C1. The minimum Gasteiger partial charge on any atom is -0.462 e. The van der Waals surface area contributed by atoms with E-state index in [-0.39, 0.29) is 24.0 Å². The fraction of sp³-hybridized carbons (Fsp3) is 0.875. The lowest BCUT2D eigenvalue weighted by molar-refractivity contribution is -0.174. The van der Waals surface area contributed by atoms with Gasteiger partial charge in [-0.3, -0.25) is 9.59 Å². The van der Waals surface area contributed by atoms with Crippen LogP contribution in [0, 0.1) is 11.8 Å². The Morgan fingerprint density at radius 1 is 1.48 bits per heavy atom. The monoisotopic (exact) mass is 297 g/mol. The summed E-state index contributed by atoms with van der Waals surface area (Å²) in [6.45, 7) is 7.39. The van der Waals surface area contributed by atoms with Gasteiger partial charge in [-0.05, 0) is 52.4 Å². The van der Waals surface area contributed by atoms with Gasteiger partial charge in [-0.1, -0.05) is 6.92 Å². The predicted molar refractivity (Wildman–Crippen MR) is 78.4 cm³/mol. The highest BCUT2D eigenvalue weighted by atomic mass is 16.6. The Labute approximate surface area is 126 Å². The van der Waals surface area contributed by atoms with Crippen molar-refractivity contribution in [2.45, 2.75) is 77.0 Å². The molecular weight excluding hydrogens is 270 g/mol. The van der Waals surface area contributed by atoms with Gasteiger partial charge < -0.3 is 15.2 Å². The molecule has 5 nitrogen and oxygen atoms in total. The van der Waals surface area contributed by atoms with E-state index in [4.69, 9.17) is 15.2 Å². The van der Waals surface area contributed by atoms with Gasteiger partial charge in [-0.2, -0.15) is 0 Å². The summed E-state index contributed by atoms with van der Waals surface area (Å²) < 4.78 is 11.1. The normalized spacial score (nSPS) is 38.9. The summed E-state index contributed by atoms with van der Waals surface area (Å²) >= 11 is 0. The van der Waals surface area contributed by atoms with Crippen molar-refractivity contribution in [1.29, 1.82) is 0 Å². The number of esters is 2. The van der Waals surface area contributed by atoms with Crippen molar-refractivity contribution in [1.82, 2.24) is 0 Å². The van der Waals surface area contributed by atoms with Gasteiger partial charge in [0.2, 0.25) is 0 Å². The van der Waals surface area contributed by atoms with Crippen LogP contribution in [-0.4, -0.2) is 29.2 Å². The molecule has 21 heavy (non-hydrogen) atoms. The number of rotatable bonds is 3. The Bertz CT molecular complexity index is 434. The third-order valence-corrected chi connectivity index (χ3v) is 4.87. The molecule has 0 aromatic carbocycles. The Morgan fingerprint density at radius 2 is 2.14 bits per heavy atom. The molecule has 5 atom stereocenters. The number of carbonyl (C=O) groups is 2. The van der Waals surface area contributed by atoms with Gasteiger partial charge in [0.1, 0.15) is 11.1 Å². The van der Waals surface area contributed by atoms with E-state index < -0.39 is 11.1 Å². The molecule has 5 heteroatoms. The molecule has 0 aromatic heterocycles. The topological polar surface area (TPSA) is 78.6 Å². The second kappa shape index (κ2) is 5.59. The summed E-state index contributed by atoms with van der Waals surface area (Å²) in [7, 11) is 0. The van der Waals surface area contributed by atoms with Crippen LogP contribution < -0.4 is 5.73 Å². The molecule has 0 spiro atoms. The van der Waals surface area contributed by atoms with Crippen molar-refractivity contribution in [3.05, 3.63) is 0 Å². The van der Waals surface area contributed by atoms with Crippen molar-refractivity contribution in [3.8, 4) is 0 Å². The Kier molecular flexibility index (Phi) is 4.34. The van der Waals surface area contributed by atoms with Gasteiger partial charge in [0, 0.05) is 6.42 Å². The number of carbonyl (C=O) groups excluding carboxylic acids is 2. The molecule has 0 radical (unpaired) electrons. The molecule has 1 aliphatic heterocycles. The number of ether oxygens (including phenoxy) is 2. The molecule has 2 N–H and O–H groups in total. The van der Waals surface area contributed by atoms with Gasteiger partial charge in [-0.25, -0.2) is 0 Å². The first-order valence-corrected chi connectivity index (χ1v) is 7.88. The number of hydrogen-bond acceptors (Lipinski definition) is 5. The number of cyclic esters (lactones) is 1. The fourth-order valence-corrected chi connectivity index (χ4v) is 3.52. The molecule has 120 valence electrons. The molecule has 5 unspecified atom stereocenters. The highest BCUT2D eigenvalue weighted by Crippen LogP contribution is 2.43. The number of nitrogens with two attached hydrogens (primary N) is 1. The van der Waals surface area contributed by atoms with Crippen molar-refractivity contribution in [2.75, 3.05) is 0 Å². The quantitative estimate of drug-likeness (QED) is 0.808. The standard InChI is InChI=1S/C16H27NO4/c1-5-16(4,17)14(19)21-15(3)8-11-6-10(2)20-13(18)12(7-11)9-15/h10-12H,5-9,17H2,1-4H3. The molecule has 0 aromatic rings. The highest BCUT2D eigenvalue weighted by Gasteiger charge is 2.47. The minimum atomic E-state index is -0.973. The zero-order chi connectivity index (χ0) is 15.8. The average Bonchev–Trinajstić information content (AvgIpc) is 2.45. The van der Waals surface area contributed by atoms with E-state index in [1.165, 1.54) is 0 Å². The fourth-order valence-electron chi connectivity index (χ4n) is 3.52. The van der Waals surface area contributed by atoms with Crippen LogP contribution in [0.1, 0.15) is 59.8 Å². The zero-order valence-corrected chi connectivity index (χ0v) is 13.5. The molecular formula is C16H27NO4. The van der Waals surface area contributed by atoms with Gasteiger partial charge in [-0.15, -0.1) is 0 Å². The first kappa shape index (κ1) is 16.3. The predicted octanol–water partition coefficient (Wildman–Crippen LogP) is 2.17. The molecule has 1 heterocycles. The van der Waals surface area contributed by atoms with Gasteiger partial charge in [0.05, 0.1) is 12.0 Å². The third kappa shape index (κ3) is 3.57. The number of hydrogen-bond donors (Lipinski definition) is 1. The molecule has 2 aliphatic rings. The van der Waals surface area contributed by atoms with E-state index in [0.717, 1.165) is 19.3 Å². The van der Waals surface area contributed by atoms with E-state index in [1.807, 2.05) is 20.8 Å². The first-order chi connectivity index (χ1) is 9.65. The smallest absolute Gasteiger partial charge is 0.326 e. The molecule has 1 aliphatic carbocycles. The third-order valence-electron chi connectivity index (χ3n) is 4.87. The highest BCUT2D eigenvalue weighted by molar-refractivity contribution is 5.80. The van der Waals surface area contributed by atoms with Gasteiger partial charge in [0.15, 0.2) is 0 Å². The lowest BCUT2D eigenvalue weighted by Crippen LogP contribution is -2.51. The van der Waals surface area contributed by atoms with E-state index in [0.29, 0.717) is 18.8 Å². The Hall–Kier alpha value is -1.10. The summed E-state index contributed by atoms with van der Waals surface area (Å²) in [6.07, 6.45) is 3.44. The summed E-state index contributed by atoms with van der Waals surface area (Å²) in [5.74, 6) is -0.351. The van der Waals surface area contributed by atoms with Crippen LogP contribution in [0.4, 0.5) is 0 Å². The number of fused-ring (bicyclic) bond motifs is 2. The van der Waals surface area contributed by atoms with Crippen LogP contribution >= 0.6 is 0 Å². The van der Waals surface area contributed by atoms with E-state index in [1.54, 1.807) is 6.92 Å². The second-order valence-electron chi connectivity index (χ2n) is 7.30. The summed E-state index contributed by atoms with van der Waals surface area (Å²) in [5, 5.41) is 0. The van der Waals surface area contributed by atoms with Crippen molar-refractivity contribution < 1.29 is 19.1 Å². The molecule has 2 fully saturated rings. The lowest BCUT2D eigenvalue weighted by Gasteiger charge is -2.40. The lowest BCUT2D eigenvalue weighted by atomic mass is 9.72. The minimum absolute atomic E-state index is 0.0547. The summed E-state index contributed by atoms with van der Waals surface area (Å²) in [5.41, 5.74) is 4.37. The first-order valence-electron chi connectivity index (χ1n) is 7.88. The molecule has 1 saturated heterocycles. The van der Waals surface area contributed by atoms with Crippen molar-refractivity contribution in [2.24, 2.45) is 17.6 Å². The Morgan fingerprint density at radius 3 is 2.76 bits per heavy atom. The van der Waals surface area contributed by atoms with Crippen LogP contribution in [0.2, 0.25) is 0 Å². The maximum absolute atomic E-state index is 12.3. The largest absolute Gasteiger partial charge is 0.462 e. The van der Waals surface area contributed by atoms with E-state index in [2.05, 4.69) is 0 Å². The van der Waals surface area contributed by atoms with Gasteiger partial charge in [0.25, 0.3) is 0 Å². The van der Waals surface area contributed by atoms with Crippen molar-refractivity contribution in [3.63, 3.8) is 0 Å². The Balaban J connectivity index is 2.13. The zero-order valence-electron chi connectivity index (χ0n) is 13.5. The maximum Gasteiger partial charge on any atom is 0.326 e. The van der Waals surface area contributed by atoms with Crippen molar-refractivity contribution >= 4 is 11.9 Å². The van der Waals surface area contributed by atoms with Crippen LogP contribution in [0.15, 0.2) is 0 Å². The second-order valence-corrected chi connectivity index (χ2v) is 7.30. The van der Waals surface area contributed by atoms with Crippen LogP contribution in [0.3, 0.4) is 0 Å². The maximum atomic E-state index is 12.3.